The number of carbonyl (C=O) groups excluding carboxylic acids is 4. The average molecular weight is 1170 g/mol. The molecule has 0 unspecified atom stereocenters. The van der Waals surface area contributed by atoms with Crippen LogP contribution < -0.4 is 0 Å². The highest BCUT2D eigenvalue weighted by Gasteiger charge is 2.86. The van der Waals surface area contributed by atoms with Gasteiger partial charge >= 0.3 is 23.9 Å². The summed E-state index contributed by atoms with van der Waals surface area (Å²) in [6.45, 7) is 11.8. The van der Waals surface area contributed by atoms with Crippen molar-refractivity contribution in [2.24, 2.45) is 24.8 Å². The molecule has 4 aromatic carbocycles. The van der Waals surface area contributed by atoms with Crippen molar-refractivity contribution in [3.05, 3.63) is 186 Å². The number of rotatable bonds is 27. The molecule has 3 heterocycles. The molecule has 440 valence electrons. The zero-order valence-electron chi connectivity index (χ0n) is 46.4. The maximum atomic E-state index is 15.7. The number of allylic oxidation sites excluding steroid dienone is 1. The topological polar surface area (TPSA) is 324 Å². The number of benzene rings is 4. The van der Waals surface area contributed by atoms with Crippen LogP contribution in [-0.4, -0.2) is 98.9 Å². The molecule has 2 bridgehead atoms. The van der Waals surface area contributed by atoms with Gasteiger partial charge in [-0.05, 0) is 83.2 Å². The van der Waals surface area contributed by atoms with Gasteiger partial charge in [0.05, 0.1) is 14.8 Å². The van der Waals surface area contributed by atoms with E-state index in [4.69, 9.17) is 28.4 Å². The first-order chi connectivity index (χ1) is 39.4. The van der Waals surface area contributed by atoms with E-state index in [1.807, 2.05) is 58.0 Å². The van der Waals surface area contributed by atoms with E-state index in [2.05, 4.69) is 16.8 Å². The van der Waals surface area contributed by atoms with Crippen LogP contribution in [0.5, 0.6) is 0 Å². The molecule has 2 aliphatic rings. The predicted octanol–water partition coefficient (Wildman–Crippen LogP) is 8.63. The number of nitrogens with zero attached hydrogens (tertiary/aromatic N) is 6. The summed E-state index contributed by atoms with van der Waals surface area (Å²) in [6.07, 6.45) is -4.28. The number of hydrogen-bond acceptors (Lipinski definition) is 21. The van der Waals surface area contributed by atoms with Crippen LogP contribution in [0.4, 0.5) is 17.1 Å². The molecule has 1 aromatic heterocycles. The number of thioether (sulfide) groups is 1. The monoisotopic (exact) mass is 1160 g/mol. The van der Waals surface area contributed by atoms with Gasteiger partial charge in [0.1, 0.15) is 25.4 Å². The van der Waals surface area contributed by atoms with Crippen molar-refractivity contribution < 1.29 is 72.6 Å². The van der Waals surface area contributed by atoms with Gasteiger partial charge in [0.15, 0.2) is 23.2 Å². The minimum absolute atomic E-state index is 0.108. The van der Waals surface area contributed by atoms with Crippen molar-refractivity contribution in [1.29, 1.82) is 0 Å². The van der Waals surface area contributed by atoms with Gasteiger partial charge in [0.25, 0.3) is 22.7 Å². The normalized spacial score (nSPS) is 22.4. The molecule has 0 amide bonds. The van der Waals surface area contributed by atoms with Crippen molar-refractivity contribution in [3.8, 4) is 0 Å². The van der Waals surface area contributed by atoms with E-state index in [0.29, 0.717) is 18.4 Å². The Morgan fingerprint density at radius 2 is 1.35 bits per heavy atom. The maximum absolute atomic E-state index is 15.7. The zero-order valence-corrected chi connectivity index (χ0v) is 47.2. The first-order valence-corrected chi connectivity index (χ1v) is 27.5. The molecule has 0 radical (unpaired) electrons. The molecular formula is C58H64N6O18S. The molecule has 0 saturated carbocycles. The first-order valence-electron chi connectivity index (χ1n) is 26.5. The van der Waals surface area contributed by atoms with Crippen LogP contribution in [0, 0.1) is 48.1 Å². The highest BCUT2D eigenvalue weighted by atomic mass is 32.2. The summed E-state index contributed by atoms with van der Waals surface area (Å²) in [6, 6.07) is 24.7. The zero-order chi connectivity index (χ0) is 60.4. The lowest BCUT2D eigenvalue weighted by Crippen LogP contribution is -2.75. The molecule has 10 atom stereocenters. The quantitative estimate of drug-likeness (QED) is 0.00944. The fourth-order valence-corrected chi connectivity index (χ4v) is 10.9. The Kier molecular flexibility index (Phi) is 20.1. The summed E-state index contributed by atoms with van der Waals surface area (Å²) in [4.78, 5) is 90.9. The van der Waals surface area contributed by atoms with E-state index >= 15 is 9.59 Å². The Bertz CT molecular complexity index is 3220. The van der Waals surface area contributed by atoms with Crippen LogP contribution in [0.25, 0.3) is 0 Å². The molecule has 24 nitrogen and oxygen atoms in total. The Balaban J connectivity index is 1.40. The molecule has 2 saturated heterocycles. The second-order valence-corrected chi connectivity index (χ2v) is 21.7. The molecule has 2 N–H and O–H groups in total. The number of aromatic nitrogens is 3. The molecular weight excluding hydrogens is 1100 g/mol. The summed E-state index contributed by atoms with van der Waals surface area (Å²) in [5.41, 5.74) is -5.69. The van der Waals surface area contributed by atoms with E-state index in [-0.39, 0.29) is 62.9 Å². The van der Waals surface area contributed by atoms with Crippen LogP contribution in [0.3, 0.4) is 0 Å². The van der Waals surface area contributed by atoms with E-state index in [1.165, 1.54) is 67.1 Å². The number of carbonyl (C=O) groups is 4. The number of nitro groups is 3. The standard InChI is InChI=1S/C58H64N6O18S/c1-8-35(2)30-36(3)14-27-47(66)80-50-49(67)56(29-28-37(4)48(79-39(6)65)38(5)31-40-12-10-9-11-13-40)81-51(52-59-60-55(61(52)7)83-34-43-19-25-46(26-20-43)64(75)76)57(70,53(68)77-32-41-15-21-44(22-16-41)62(71)72)58(50,82-56)54(69)78-33-42-17-23-45(24-18-42)63(73)74/h9-27,35-36,38,48-51,67,70H,4,8,28-34H2,1-3,5-7H3/b27-14+/t35-,36+,38+,48+,49+,50+,51+,56-,57+,58-/m0/s1. The Hall–Kier alpha value is -8.23. The SMILES string of the molecule is C=C(CC[C@]12O[C@H](c3nnc(SCc4ccc([N+](=O)[O-])cc4)n3C)[C@@](O)(C(=O)OCc3ccc([N+](=O)[O-])cc3)[C@](C(=O)OCc3ccc([N+](=O)[O-])cc3)(O1)[C@H](OC(=O)/C=C/[C@@H](C)C[C@@H](C)CC)[C@H]2O)[C@@H](OC(C)=O)[C@H](C)Cc1ccccc1. The Morgan fingerprint density at radius 1 is 0.807 bits per heavy atom. The third kappa shape index (κ3) is 14.0. The fraction of sp³-hybridized carbons (Fsp3) is 0.414. The van der Waals surface area contributed by atoms with Crippen molar-refractivity contribution in [2.45, 2.75) is 132 Å². The van der Waals surface area contributed by atoms with E-state index in [0.717, 1.165) is 54.1 Å². The summed E-state index contributed by atoms with van der Waals surface area (Å²) < 4.78 is 38.4. The van der Waals surface area contributed by atoms with Crippen LogP contribution in [0.1, 0.15) is 94.5 Å². The summed E-state index contributed by atoms with van der Waals surface area (Å²) in [7, 11) is 1.43. The lowest BCUT2D eigenvalue weighted by atomic mass is 9.74. The number of esters is 4. The van der Waals surface area contributed by atoms with Crippen molar-refractivity contribution in [3.63, 3.8) is 0 Å². The van der Waals surface area contributed by atoms with Crippen molar-refractivity contribution in [1.82, 2.24) is 14.8 Å². The first kappa shape index (κ1) is 62.4. The molecule has 83 heavy (non-hydrogen) atoms. The van der Waals surface area contributed by atoms with Gasteiger partial charge in [-0.3, -0.25) is 35.1 Å². The number of aliphatic hydroxyl groups is 2. The van der Waals surface area contributed by atoms with Crippen LogP contribution in [-0.2, 0) is 80.0 Å². The average Bonchev–Trinajstić information content (AvgIpc) is 3.31. The van der Waals surface area contributed by atoms with Crippen molar-refractivity contribution >= 4 is 52.7 Å². The number of aliphatic hydroxyl groups excluding tert-OH is 1. The second kappa shape index (κ2) is 26.8. The highest BCUT2D eigenvalue weighted by Crippen LogP contribution is 2.60. The molecule has 0 spiro atoms. The number of hydrogen-bond donors (Lipinski definition) is 2. The Labute approximate surface area is 481 Å². The van der Waals surface area contributed by atoms with Gasteiger partial charge in [-0.15, -0.1) is 10.2 Å². The minimum Gasteiger partial charge on any atom is -0.459 e. The summed E-state index contributed by atoms with van der Waals surface area (Å²) in [5.74, 6) is -8.36. The third-order valence-electron chi connectivity index (χ3n) is 14.7. The van der Waals surface area contributed by atoms with E-state index in [9.17, 15) is 50.1 Å². The fourth-order valence-electron chi connectivity index (χ4n) is 10.1. The molecule has 0 aliphatic carbocycles. The number of ether oxygens (including phenoxy) is 6. The second-order valence-electron chi connectivity index (χ2n) is 20.8. The maximum Gasteiger partial charge on any atom is 0.346 e. The summed E-state index contributed by atoms with van der Waals surface area (Å²) >= 11 is 1.07. The third-order valence-corrected chi connectivity index (χ3v) is 15.8. The number of fused-ring (bicyclic) bond motifs is 2. The van der Waals surface area contributed by atoms with Crippen LogP contribution >= 0.6 is 11.8 Å². The number of non-ortho nitro benzene ring substituents is 3. The summed E-state index contributed by atoms with van der Waals surface area (Å²) in [5, 5.41) is 70.2. The van der Waals surface area contributed by atoms with Crippen LogP contribution in [0.15, 0.2) is 133 Å². The molecule has 5 aromatic rings. The van der Waals surface area contributed by atoms with Crippen LogP contribution in [0.2, 0.25) is 0 Å². The number of nitro benzene ring substituents is 3. The molecule has 2 aliphatic heterocycles. The van der Waals surface area contributed by atoms with Gasteiger partial charge in [0.2, 0.25) is 11.4 Å². The van der Waals surface area contributed by atoms with Gasteiger partial charge in [0, 0.05) is 74.5 Å². The highest BCUT2D eigenvalue weighted by molar-refractivity contribution is 7.98. The van der Waals surface area contributed by atoms with E-state index in [1.54, 1.807) is 6.08 Å². The smallest absolute Gasteiger partial charge is 0.346 e. The molecule has 25 heteroatoms. The lowest BCUT2D eigenvalue weighted by molar-refractivity contribution is -0.385. The molecule has 2 fully saturated rings. The Morgan fingerprint density at radius 3 is 1.88 bits per heavy atom. The largest absolute Gasteiger partial charge is 0.459 e. The minimum atomic E-state index is -3.64. The van der Waals surface area contributed by atoms with Gasteiger partial charge < -0.3 is 43.2 Å². The van der Waals surface area contributed by atoms with Gasteiger partial charge in [-0.25, -0.2) is 14.4 Å². The lowest BCUT2D eigenvalue weighted by Gasteiger charge is -2.50. The van der Waals surface area contributed by atoms with Crippen molar-refractivity contribution in [2.75, 3.05) is 0 Å². The van der Waals surface area contributed by atoms with E-state index < -0.39 is 111 Å². The predicted molar refractivity (Wildman–Crippen MR) is 296 cm³/mol. The van der Waals surface area contributed by atoms with Gasteiger partial charge in [-0.1, -0.05) is 101 Å². The molecule has 7 rings (SSSR count). The van der Waals surface area contributed by atoms with Gasteiger partial charge in [-0.2, -0.15) is 0 Å².